The number of hydrogen-bond donors (Lipinski definition) is 0. The molecule has 0 aliphatic carbocycles. The van der Waals surface area contributed by atoms with Gasteiger partial charge in [0.05, 0.1) is 22.0 Å². The number of amides is 1. The molecule has 3 rings (SSSR count). The largest absolute Gasteiger partial charge is 0.361 e. The second-order valence-electron chi connectivity index (χ2n) is 6.90. The van der Waals surface area contributed by atoms with Gasteiger partial charge in [-0.25, -0.2) is 13.4 Å². The fourth-order valence-electron chi connectivity index (χ4n) is 2.84. The minimum absolute atomic E-state index is 0.0648. The van der Waals surface area contributed by atoms with Crippen LogP contribution in [0.4, 0.5) is 5.13 Å². The van der Waals surface area contributed by atoms with Crippen LogP contribution in [0.1, 0.15) is 17.0 Å². The number of thioether (sulfide) groups is 1. The molecule has 2 aromatic heterocycles. The minimum Gasteiger partial charge on any atom is -0.361 e. The third kappa shape index (κ3) is 5.63. The van der Waals surface area contributed by atoms with E-state index in [2.05, 4.69) is 16.7 Å². The predicted molar refractivity (Wildman–Crippen MR) is 125 cm³/mol. The van der Waals surface area contributed by atoms with E-state index < -0.39 is 9.84 Å². The number of sulfone groups is 1. The fraction of sp³-hybridized carbons (Fsp3) is 0.286. The molecule has 1 aromatic carbocycles. The molecule has 0 saturated heterocycles. The monoisotopic (exact) mass is 477 g/mol. The van der Waals surface area contributed by atoms with Crippen LogP contribution in [0.2, 0.25) is 0 Å². The van der Waals surface area contributed by atoms with Gasteiger partial charge in [-0.1, -0.05) is 23.4 Å². The van der Waals surface area contributed by atoms with Crippen molar-refractivity contribution in [1.29, 1.82) is 0 Å². The lowest BCUT2D eigenvalue weighted by molar-refractivity contribution is -0.116. The molecule has 1 amide bonds. The van der Waals surface area contributed by atoms with Crippen molar-refractivity contribution >= 4 is 44.0 Å². The number of aromatic nitrogens is 2. The van der Waals surface area contributed by atoms with E-state index in [0.29, 0.717) is 23.1 Å². The zero-order chi connectivity index (χ0) is 22.6. The molecule has 0 aliphatic rings. The minimum atomic E-state index is -3.25. The molecule has 2 heterocycles. The van der Waals surface area contributed by atoms with Gasteiger partial charge < -0.3 is 4.52 Å². The Balaban J connectivity index is 1.70. The van der Waals surface area contributed by atoms with E-state index >= 15 is 0 Å². The number of aryl methyl sites for hydroxylation is 2. The molecule has 0 spiro atoms. The number of carbonyl (C=O) groups is 1. The zero-order valence-corrected chi connectivity index (χ0v) is 19.9. The maximum atomic E-state index is 12.9. The van der Waals surface area contributed by atoms with Gasteiger partial charge in [0, 0.05) is 35.1 Å². The van der Waals surface area contributed by atoms with Crippen LogP contribution in [0.5, 0.6) is 0 Å². The van der Waals surface area contributed by atoms with E-state index in [1.54, 1.807) is 35.2 Å². The molecule has 31 heavy (non-hydrogen) atoms. The maximum absolute atomic E-state index is 12.9. The summed E-state index contributed by atoms with van der Waals surface area (Å²) in [6, 6.07) is 6.55. The highest BCUT2D eigenvalue weighted by Gasteiger charge is 2.19. The van der Waals surface area contributed by atoms with Gasteiger partial charge in [-0.2, -0.15) is 0 Å². The van der Waals surface area contributed by atoms with Gasteiger partial charge in [0.25, 0.3) is 0 Å². The van der Waals surface area contributed by atoms with Crippen LogP contribution in [0.3, 0.4) is 0 Å². The molecule has 0 aliphatic heterocycles. The number of nitrogens with zero attached hydrogens (tertiary/aromatic N) is 3. The van der Waals surface area contributed by atoms with Crippen molar-refractivity contribution in [1.82, 2.24) is 10.1 Å². The van der Waals surface area contributed by atoms with Gasteiger partial charge in [0.1, 0.15) is 5.76 Å². The van der Waals surface area contributed by atoms with E-state index in [1.165, 1.54) is 29.4 Å². The summed E-state index contributed by atoms with van der Waals surface area (Å²) >= 11 is 2.86. The summed E-state index contributed by atoms with van der Waals surface area (Å²) in [7, 11) is -3.25. The summed E-state index contributed by atoms with van der Waals surface area (Å²) in [6.07, 6.45) is 2.84. The Labute approximate surface area is 190 Å². The van der Waals surface area contributed by atoms with Gasteiger partial charge in [-0.05, 0) is 26.0 Å². The number of carbonyl (C=O) groups excluding carboxylic acids is 1. The number of benzene rings is 1. The molecule has 0 bridgehead atoms. The molecule has 0 fully saturated rings. The van der Waals surface area contributed by atoms with Crippen molar-refractivity contribution in [2.24, 2.45) is 0 Å². The second-order valence-corrected chi connectivity index (χ2v) is 10.7. The lowest BCUT2D eigenvalue weighted by atomic mass is 10.2. The Hall–Kier alpha value is -2.43. The third-order valence-electron chi connectivity index (χ3n) is 4.57. The molecular formula is C21H23N3O4S3. The number of anilines is 1. The first-order valence-corrected chi connectivity index (χ1v) is 13.3. The quantitative estimate of drug-likeness (QED) is 0.425. The maximum Gasteiger partial charge on any atom is 0.239 e. The molecule has 0 unspecified atom stereocenters. The Morgan fingerprint density at radius 2 is 2.00 bits per heavy atom. The molecule has 7 nitrogen and oxygen atoms in total. The van der Waals surface area contributed by atoms with E-state index in [9.17, 15) is 13.2 Å². The van der Waals surface area contributed by atoms with Crippen LogP contribution in [-0.4, -0.2) is 43.0 Å². The van der Waals surface area contributed by atoms with Crippen LogP contribution in [0, 0.1) is 13.8 Å². The zero-order valence-electron chi connectivity index (χ0n) is 17.5. The number of thiazole rings is 1. The van der Waals surface area contributed by atoms with Crippen molar-refractivity contribution in [2.75, 3.05) is 23.5 Å². The molecule has 3 aromatic rings. The average molecular weight is 478 g/mol. The lowest BCUT2D eigenvalue weighted by Crippen LogP contribution is -2.32. The first-order valence-electron chi connectivity index (χ1n) is 9.37. The Bertz CT molecular complexity index is 1160. The second kappa shape index (κ2) is 9.80. The van der Waals surface area contributed by atoms with Gasteiger partial charge in [-0.15, -0.1) is 29.7 Å². The Morgan fingerprint density at radius 1 is 1.29 bits per heavy atom. The SMILES string of the molecule is C=CCN(C(=O)CSCc1c(C)noc1C)c1nc(-c2ccc(S(C)(=O)=O)cc2)cs1. The molecule has 0 N–H and O–H groups in total. The number of hydrogen-bond acceptors (Lipinski definition) is 8. The average Bonchev–Trinajstić information content (AvgIpc) is 3.33. The van der Waals surface area contributed by atoms with Gasteiger partial charge >= 0.3 is 0 Å². The molecule has 0 saturated carbocycles. The van der Waals surface area contributed by atoms with Gasteiger partial charge in [-0.3, -0.25) is 9.69 Å². The summed E-state index contributed by atoms with van der Waals surface area (Å²) in [4.78, 5) is 19.3. The molecule has 10 heteroatoms. The highest BCUT2D eigenvalue weighted by atomic mass is 32.2. The summed E-state index contributed by atoms with van der Waals surface area (Å²) in [5.74, 6) is 1.64. The summed E-state index contributed by atoms with van der Waals surface area (Å²) in [6.45, 7) is 7.85. The van der Waals surface area contributed by atoms with Crippen LogP contribution < -0.4 is 4.90 Å². The molecule has 0 atom stereocenters. The lowest BCUT2D eigenvalue weighted by Gasteiger charge is -2.17. The smallest absolute Gasteiger partial charge is 0.239 e. The van der Waals surface area contributed by atoms with E-state index in [-0.39, 0.29) is 16.6 Å². The standard InChI is InChI=1S/C21H23N3O4S3/c1-5-10-24(20(25)13-29-11-18-14(2)23-28-15(18)3)21-22-19(12-30-21)16-6-8-17(9-7-16)31(4,26)27/h5-9,12H,1,10-11,13H2,2-4H3. The Kier molecular flexibility index (Phi) is 7.34. The van der Waals surface area contributed by atoms with Gasteiger partial charge in [0.2, 0.25) is 5.91 Å². The first-order chi connectivity index (χ1) is 14.7. The number of rotatable bonds is 9. The Morgan fingerprint density at radius 3 is 2.58 bits per heavy atom. The summed E-state index contributed by atoms with van der Waals surface area (Å²) in [5.41, 5.74) is 3.33. The fourth-order valence-corrected chi connectivity index (χ4v) is 5.38. The third-order valence-corrected chi connectivity index (χ3v) is 7.50. The van der Waals surface area contributed by atoms with E-state index in [1.807, 2.05) is 19.2 Å². The molecule has 0 radical (unpaired) electrons. The van der Waals surface area contributed by atoms with Crippen molar-refractivity contribution < 1.29 is 17.7 Å². The van der Waals surface area contributed by atoms with Crippen molar-refractivity contribution in [3.05, 3.63) is 59.3 Å². The predicted octanol–water partition coefficient (Wildman–Crippen LogP) is 4.27. The first kappa shape index (κ1) is 23.2. The van der Waals surface area contributed by atoms with Crippen LogP contribution in [0.25, 0.3) is 11.3 Å². The van der Waals surface area contributed by atoms with E-state index in [4.69, 9.17) is 4.52 Å². The highest BCUT2D eigenvalue weighted by molar-refractivity contribution is 7.99. The van der Waals surface area contributed by atoms with Crippen molar-refractivity contribution in [3.8, 4) is 11.3 Å². The van der Waals surface area contributed by atoms with Crippen LogP contribution >= 0.6 is 23.1 Å². The topological polar surface area (TPSA) is 93.4 Å². The van der Waals surface area contributed by atoms with Crippen molar-refractivity contribution in [2.45, 2.75) is 24.5 Å². The summed E-state index contributed by atoms with van der Waals surface area (Å²) in [5, 5.41) is 6.36. The summed E-state index contributed by atoms with van der Waals surface area (Å²) < 4.78 is 28.4. The molecule has 164 valence electrons. The van der Waals surface area contributed by atoms with Crippen LogP contribution in [-0.2, 0) is 20.4 Å². The van der Waals surface area contributed by atoms with Crippen LogP contribution in [0.15, 0.2) is 51.7 Å². The highest BCUT2D eigenvalue weighted by Crippen LogP contribution is 2.29. The van der Waals surface area contributed by atoms with E-state index in [0.717, 1.165) is 22.6 Å². The van der Waals surface area contributed by atoms with Crippen molar-refractivity contribution in [3.63, 3.8) is 0 Å². The molecular weight excluding hydrogens is 454 g/mol. The normalized spacial score (nSPS) is 11.5. The van der Waals surface area contributed by atoms with Gasteiger partial charge in [0.15, 0.2) is 15.0 Å².